The van der Waals surface area contributed by atoms with Crippen molar-refractivity contribution in [2.75, 3.05) is 11.5 Å². The van der Waals surface area contributed by atoms with Crippen molar-refractivity contribution < 1.29 is 19.5 Å². The zero-order chi connectivity index (χ0) is 15.7. The Morgan fingerprint density at radius 3 is 3.00 bits per heavy atom. The average molecular weight is 356 g/mol. The first kappa shape index (κ1) is 15.4. The van der Waals surface area contributed by atoms with E-state index in [4.69, 9.17) is 5.11 Å². The zero-order valence-electron chi connectivity index (χ0n) is 11.2. The molecule has 2 aliphatic heterocycles. The van der Waals surface area contributed by atoms with Gasteiger partial charge in [-0.15, -0.1) is 34.9 Å². The maximum Gasteiger partial charge on any atom is 0.352 e. The van der Waals surface area contributed by atoms with Crippen LogP contribution in [-0.4, -0.2) is 50.7 Å². The Hall–Kier alpha value is -1.45. The van der Waals surface area contributed by atoms with Gasteiger partial charge in [-0.25, -0.2) is 4.79 Å². The van der Waals surface area contributed by atoms with Crippen LogP contribution in [0.5, 0.6) is 0 Å². The van der Waals surface area contributed by atoms with E-state index in [-0.39, 0.29) is 28.6 Å². The highest BCUT2D eigenvalue weighted by molar-refractivity contribution is 8.01. The van der Waals surface area contributed by atoms with Gasteiger partial charge in [0.1, 0.15) is 17.1 Å². The number of carbonyl (C=O) groups excluding carboxylic acids is 2. The van der Waals surface area contributed by atoms with Crippen LogP contribution in [0.3, 0.4) is 0 Å². The Kier molecular flexibility index (Phi) is 4.46. The third-order valence-electron chi connectivity index (χ3n) is 3.22. The number of hydrogen-bond donors (Lipinski definition) is 2. The fourth-order valence-electron chi connectivity index (χ4n) is 2.24. The summed E-state index contributed by atoms with van der Waals surface area (Å²) in [4.78, 5) is 36.3. The van der Waals surface area contributed by atoms with Crippen molar-refractivity contribution in [1.29, 1.82) is 0 Å². The van der Waals surface area contributed by atoms with Crippen LogP contribution in [-0.2, 0) is 14.4 Å². The van der Waals surface area contributed by atoms with E-state index in [1.54, 1.807) is 11.3 Å². The molecule has 2 atom stereocenters. The van der Waals surface area contributed by atoms with Gasteiger partial charge in [0.15, 0.2) is 0 Å². The first-order chi connectivity index (χ1) is 10.6. The van der Waals surface area contributed by atoms with Crippen molar-refractivity contribution in [3.63, 3.8) is 0 Å². The van der Waals surface area contributed by atoms with Gasteiger partial charge in [-0.2, -0.15) is 0 Å². The zero-order valence-corrected chi connectivity index (χ0v) is 13.7. The Bertz CT molecular complexity index is 644. The number of amides is 2. The summed E-state index contributed by atoms with van der Waals surface area (Å²) in [6.45, 7) is 0. The van der Waals surface area contributed by atoms with Crippen molar-refractivity contribution >= 4 is 52.6 Å². The third-order valence-corrected chi connectivity index (χ3v) is 6.54. The molecule has 2 aliphatic rings. The standard InChI is InChI=1S/C13H12N2O4S3/c16-8(6-22-9-2-1-4-20-9)14-10-11(17)15-7(13(18)19)3-5-21-12(10)15/h1-4,10,12H,5-6H2,(H,14,16)(H,18,19). The lowest BCUT2D eigenvalue weighted by Gasteiger charge is -2.48. The number of carbonyl (C=O) groups is 3. The molecule has 0 radical (unpaired) electrons. The Morgan fingerprint density at radius 1 is 1.50 bits per heavy atom. The van der Waals surface area contributed by atoms with E-state index >= 15 is 0 Å². The van der Waals surface area contributed by atoms with Crippen LogP contribution in [0.2, 0.25) is 0 Å². The van der Waals surface area contributed by atoms with Crippen LogP contribution in [0.25, 0.3) is 0 Å². The highest BCUT2D eigenvalue weighted by atomic mass is 32.2. The normalized spacial score (nSPS) is 23.4. The number of carboxylic acid groups (broad SMARTS) is 1. The lowest BCUT2D eigenvalue weighted by molar-refractivity contribution is -0.150. The van der Waals surface area contributed by atoms with Crippen molar-refractivity contribution in [1.82, 2.24) is 10.2 Å². The minimum atomic E-state index is -1.11. The van der Waals surface area contributed by atoms with Gasteiger partial charge < -0.3 is 10.4 Å². The topological polar surface area (TPSA) is 86.7 Å². The molecule has 1 fully saturated rings. The molecule has 9 heteroatoms. The summed E-state index contributed by atoms with van der Waals surface area (Å²) in [5.74, 6) is -0.934. The molecular formula is C13H12N2O4S3. The fraction of sp³-hybridized carbons (Fsp3) is 0.308. The summed E-state index contributed by atoms with van der Waals surface area (Å²) < 4.78 is 1.04. The number of nitrogens with one attached hydrogen (secondary N) is 1. The van der Waals surface area contributed by atoms with Crippen molar-refractivity contribution in [3.05, 3.63) is 29.3 Å². The predicted molar refractivity (Wildman–Crippen MR) is 85.8 cm³/mol. The summed E-state index contributed by atoms with van der Waals surface area (Å²) in [6.07, 6.45) is 1.52. The Labute approximate surface area is 138 Å². The van der Waals surface area contributed by atoms with Gasteiger partial charge >= 0.3 is 5.97 Å². The molecule has 0 spiro atoms. The quantitative estimate of drug-likeness (QED) is 0.609. The first-order valence-electron chi connectivity index (χ1n) is 6.41. The third kappa shape index (κ3) is 2.88. The summed E-state index contributed by atoms with van der Waals surface area (Å²) in [5, 5.41) is 13.4. The molecule has 3 heterocycles. The second kappa shape index (κ2) is 6.35. The molecule has 22 heavy (non-hydrogen) atoms. The van der Waals surface area contributed by atoms with E-state index in [1.807, 2.05) is 17.5 Å². The van der Waals surface area contributed by atoms with Gasteiger partial charge in [-0.3, -0.25) is 14.5 Å². The van der Waals surface area contributed by atoms with E-state index in [9.17, 15) is 14.4 Å². The van der Waals surface area contributed by atoms with Gasteiger partial charge in [-0.05, 0) is 17.5 Å². The van der Waals surface area contributed by atoms with Gasteiger partial charge in [0.2, 0.25) is 5.91 Å². The summed E-state index contributed by atoms with van der Waals surface area (Å²) in [7, 11) is 0. The van der Waals surface area contributed by atoms with Gasteiger partial charge in [0.05, 0.1) is 9.96 Å². The van der Waals surface area contributed by atoms with Crippen LogP contribution >= 0.6 is 34.9 Å². The molecule has 6 nitrogen and oxygen atoms in total. The first-order valence-corrected chi connectivity index (χ1v) is 9.33. The van der Waals surface area contributed by atoms with E-state index < -0.39 is 12.0 Å². The highest BCUT2D eigenvalue weighted by Crippen LogP contribution is 2.37. The number of fused-ring (bicyclic) bond motifs is 1. The molecule has 116 valence electrons. The Balaban J connectivity index is 1.56. The smallest absolute Gasteiger partial charge is 0.352 e. The Morgan fingerprint density at radius 2 is 2.32 bits per heavy atom. The van der Waals surface area contributed by atoms with Gasteiger partial charge in [0.25, 0.3) is 5.91 Å². The second-order valence-electron chi connectivity index (χ2n) is 4.59. The van der Waals surface area contributed by atoms with Crippen LogP contribution in [0, 0.1) is 0 Å². The second-order valence-corrected chi connectivity index (χ2v) is 7.97. The van der Waals surface area contributed by atoms with E-state index in [1.165, 1.54) is 34.5 Å². The lowest BCUT2D eigenvalue weighted by Crippen LogP contribution is -2.70. The largest absolute Gasteiger partial charge is 0.477 e. The van der Waals surface area contributed by atoms with E-state index in [2.05, 4.69) is 5.32 Å². The molecule has 3 rings (SSSR count). The minimum Gasteiger partial charge on any atom is -0.477 e. The number of β-lactam (4-membered cyclic amide) rings is 1. The van der Waals surface area contributed by atoms with Crippen LogP contribution in [0.4, 0.5) is 0 Å². The molecule has 1 aromatic heterocycles. The number of thioether (sulfide) groups is 2. The molecule has 0 aromatic carbocycles. The number of carboxylic acids is 1. The SMILES string of the molecule is O=C(CSc1cccs1)NC1C(=O)N2C(C(=O)O)=CCSC12. The molecule has 0 bridgehead atoms. The molecule has 2 unspecified atom stereocenters. The van der Waals surface area contributed by atoms with Crippen molar-refractivity contribution in [2.45, 2.75) is 15.6 Å². The highest BCUT2D eigenvalue weighted by Gasteiger charge is 2.52. The molecule has 2 amide bonds. The van der Waals surface area contributed by atoms with Gasteiger partial charge in [-0.1, -0.05) is 6.07 Å². The molecular weight excluding hydrogens is 344 g/mol. The molecule has 1 aromatic rings. The molecule has 2 N–H and O–H groups in total. The van der Waals surface area contributed by atoms with Crippen molar-refractivity contribution in [2.24, 2.45) is 0 Å². The van der Waals surface area contributed by atoms with Gasteiger partial charge in [0, 0.05) is 5.75 Å². The maximum atomic E-state index is 12.1. The minimum absolute atomic E-state index is 0.00668. The average Bonchev–Trinajstić information content (AvgIpc) is 3.02. The van der Waals surface area contributed by atoms with E-state index in [0.29, 0.717) is 5.75 Å². The summed E-state index contributed by atoms with van der Waals surface area (Å²) in [5.41, 5.74) is 0.00668. The van der Waals surface area contributed by atoms with Crippen LogP contribution in [0.15, 0.2) is 33.5 Å². The van der Waals surface area contributed by atoms with E-state index in [0.717, 1.165) is 4.21 Å². The maximum absolute atomic E-state index is 12.1. The van der Waals surface area contributed by atoms with Crippen LogP contribution in [0.1, 0.15) is 0 Å². The molecule has 0 saturated carbocycles. The number of nitrogens with zero attached hydrogens (tertiary/aromatic N) is 1. The summed E-state index contributed by atoms with van der Waals surface area (Å²) >= 11 is 4.42. The van der Waals surface area contributed by atoms with Crippen LogP contribution < -0.4 is 5.32 Å². The van der Waals surface area contributed by atoms with Crippen molar-refractivity contribution in [3.8, 4) is 0 Å². The number of aliphatic carboxylic acids is 1. The monoisotopic (exact) mass is 356 g/mol. The predicted octanol–water partition coefficient (Wildman–Crippen LogP) is 1.21. The molecule has 1 saturated heterocycles. The molecule has 0 aliphatic carbocycles. The fourth-order valence-corrected chi connectivity index (χ4v) is 5.03. The number of thiophene rings is 1. The lowest BCUT2D eigenvalue weighted by atomic mass is 10.1. The number of hydrogen-bond acceptors (Lipinski definition) is 6. The summed E-state index contributed by atoms with van der Waals surface area (Å²) in [6, 6.07) is 3.21. The number of rotatable bonds is 5.